The van der Waals surface area contributed by atoms with Crippen LogP contribution in [0.15, 0.2) is 24.3 Å². The Kier molecular flexibility index (Phi) is 6.55. The van der Waals surface area contributed by atoms with E-state index >= 15 is 0 Å². The second-order valence-corrected chi connectivity index (χ2v) is 3.47. The van der Waals surface area contributed by atoms with Crippen molar-refractivity contribution in [2.45, 2.75) is 45.3 Å². The summed E-state index contributed by atoms with van der Waals surface area (Å²) in [6.45, 7) is 7.64. The molecule has 0 spiro atoms. The largest absolute Gasteiger partial charge is 0.392 e. The Balaban J connectivity index is 3.62. The predicted octanol–water partition coefficient (Wildman–Crippen LogP) is 2.00. The van der Waals surface area contributed by atoms with Crippen molar-refractivity contribution in [2.75, 3.05) is 0 Å². The minimum atomic E-state index is -0.446. The van der Waals surface area contributed by atoms with Crippen LogP contribution >= 0.6 is 0 Å². The highest BCUT2D eigenvalue weighted by atomic mass is 16.3. The standard InChI is InChI=1S/C11H21NO/c1-4-5-6-7-9(2)8-11(12)10(3)13/h4-5,10-11,13H,2,6-8,12H2,1,3H3/b5-4-. The highest BCUT2D eigenvalue weighted by Crippen LogP contribution is 2.11. The van der Waals surface area contributed by atoms with E-state index in [-0.39, 0.29) is 6.04 Å². The van der Waals surface area contributed by atoms with Crippen LogP contribution in [-0.2, 0) is 0 Å². The van der Waals surface area contributed by atoms with Gasteiger partial charge in [0.05, 0.1) is 6.10 Å². The van der Waals surface area contributed by atoms with Gasteiger partial charge in [-0.2, -0.15) is 0 Å². The molecule has 0 saturated heterocycles. The maximum atomic E-state index is 9.16. The molecule has 0 radical (unpaired) electrons. The summed E-state index contributed by atoms with van der Waals surface area (Å²) in [7, 11) is 0. The maximum Gasteiger partial charge on any atom is 0.0666 e. The molecule has 3 N–H and O–H groups in total. The van der Waals surface area contributed by atoms with Crippen molar-refractivity contribution in [3.05, 3.63) is 24.3 Å². The van der Waals surface area contributed by atoms with Gasteiger partial charge < -0.3 is 10.8 Å². The zero-order chi connectivity index (χ0) is 10.3. The van der Waals surface area contributed by atoms with E-state index in [9.17, 15) is 0 Å². The summed E-state index contributed by atoms with van der Waals surface area (Å²) in [4.78, 5) is 0. The van der Waals surface area contributed by atoms with E-state index in [1.807, 2.05) is 13.0 Å². The normalized spacial score (nSPS) is 16.0. The molecule has 0 aromatic rings. The first-order chi connectivity index (χ1) is 6.07. The lowest BCUT2D eigenvalue weighted by atomic mass is 10.0. The van der Waals surface area contributed by atoms with Gasteiger partial charge in [-0.05, 0) is 33.1 Å². The first-order valence-electron chi connectivity index (χ1n) is 4.79. The molecule has 0 aliphatic rings. The quantitative estimate of drug-likeness (QED) is 0.619. The zero-order valence-electron chi connectivity index (χ0n) is 8.66. The van der Waals surface area contributed by atoms with Gasteiger partial charge in [0.2, 0.25) is 0 Å². The van der Waals surface area contributed by atoms with Crippen LogP contribution in [0, 0.1) is 0 Å². The molecule has 2 unspecified atom stereocenters. The van der Waals surface area contributed by atoms with E-state index in [1.54, 1.807) is 6.92 Å². The van der Waals surface area contributed by atoms with Gasteiger partial charge in [0.25, 0.3) is 0 Å². The van der Waals surface area contributed by atoms with Crippen molar-refractivity contribution in [1.29, 1.82) is 0 Å². The third-order valence-electron chi connectivity index (χ3n) is 2.04. The second kappa shape index (κ2) is 6.87. The SMILES string of the molecule is C=C(CC/C=C\C)CC(N)C(C)O. The van der Waals surface area contributed by atoms with Gasteiger partial charge in [-0.1, -0.05) is 24.3 Å². The molecule has 0 aromatic carbocycles. The zero-order valence-corrected chi connectivity index (χ0v) is 8.66. The smallest absolute Gasteiger partial charge is 0.0666 e. The highest BCUT2D eigenvalue weighted by Gasteiger charge is 2.09. The number of rotatable bonds is 6. The van der Waals surface area contributed by atoms with E-state index in [0.717, 1.165) is 24.8 Å². The summed E-state index contributed by atoms with van der Waals surface area (Å²) < 4.78 is 0. The second-order valence-electron chi connectivity index (χ2n) is 3.47. The average molecular weight is 183 g/mol. The van der Waals surface area contributed by atoms with Crippen molar-refractivity contribution in [2.24, 2.45) is 5.73 Å². The Hall–Kier alpha value is -0.600. The monoisotopic (exact) mass is 183 g/mol. The minimum Gasteiger partial charge on any atom is -0.392 e. The fourth-order valence-electron chi connectivity index (χ4n) is 1.06. The van der Waals surface area contributed by atoms with Crippen LogP contribution in [0.3, 0.4) is 0 Å². The van der Waals surface area contributed by atoms with Gasteiger partial charge in [0.1, 0.15) is 0 Å². The van der Waals surface area contributed by atoms with Crippen LogP contribution in [0.4, 0.5) is 0 Å². The molecule has 0 aliphatic heterocycles. The first kappa shape index (κ1) is 12.4. The number of aliphatic hydroxyl groups is 1. The summed E-state index contributed by atoms with van der Waals surface area (Å²) in [5, 5.41) is 9.16. The molecule has 2 atom stereocenters. The summed E-state index contributed by atoms with van der Waals surface area (Å²) in [5.41, 5.74) is 6.81. The molecular weight excluding hydrogens is 162 g/mol. The number of nitrogens with two attached hydrogens (primary N) is 1. The third kappa shape index (κ3) is 6.55. The Labute approximate surface area is 81.1 Å². The lowest BCUT2D eigenvalue weighted by Crippen LogP contribution is -2.32. The van der Waals surface area contributed by atoms with E-state index in [2.05, 4.69) is 12.7 Å². The van der Waals surface area contributed by atoms with Crippen molar-refractivity contribution in [3.63, 3.8) is 0 Å². The van der Waals surface area contributed by atoms with Gasteiger partial charge in [0.15, 0.2) is 0 Å². The molecule has 0 aromatic heterocycles. The number of allylic oxidation sites excluding steroid dienone is 2. The lowest BCUT2D eigenvalue weighted by molar-refractivity contribution is 0.163. The van der Waals surface area contributed by atoms with Crippen LogP contribution in [0.25, 0.3) is 0 Å². The van der Waals surface area contributed by atoms with Gasteiger partial charge in [0, 0.05) is 6.04 Å². The fourth-order valence-corrected chi connectivity index (χ4v) is 1.06. The van der Waals surface area contributed by atoms with Gasteiger partial charge >= 0.3 is 0 Å². The van der Waals surface area contributed by atoms with Crippen molar-refractivity contribution in [3.8, 4) is 0 Å². The first-order valence-corrected chi connectivity index (χ1v) is 4.79. The summed E-state index contributed by atoms with van der Waals surface area (Å²) in [6, 6.07) is -0.168. The van der Waals surface area contributed by atoms with E-state index < -0.39 is 6.10 Å². The molecule has 0 saturated carbocycles. The van der Waals surface area contributed by atoms with Crippen molar-refractivity contribution in [1.82, 2.24) is 0 Å². The third-order valence-corrected chi connectivity index (χ3v) is 2.04. The molecule has 2 nitrogen and oxygen atoms in total. The molecular formula is C11H21NO. The van der Waals surface area contributed by atoms with Crippen LogP contribution in [0.1, 0.15) is 33.1 Å². The molecule has 0 amide bonds. The Morgan fingerprint density at radius 2 is 2.23 bits per heavy atom. The molecule has 0 aliphatic carbocycles. The van der Waals surface area contributed by atoms with E-state index in [4.69, 9.17) is 10.8 Å². The van der Waals surface area contributed by atoms with Crippen LogP contribution < -0.4 is 5.73 Å². The summed E-state index contributed by atoms with van der Waals surface area (Å²) in [6.07, 6.45) is 6.39. The maximum absolute atomic E-state index is 9.16. The summed E-state index contributed by atoms with van der Waals surface area (Å²) in [5.74, 6) is 0. The van der Waals surface area contributed by atoms with Crippen LogP contribution in [0.2, 0.25) is 0 Å². The fraction of sp³-hybridized carbons (Fsp3) is 0.636. The van der Waals surface area contributed by atoms with Crippen LogP contribution in [0.5, 0.6) is 0 Å². The number of aliphatic hydroxyl groups excluding tert-OH is 1. The Bertz CT molecular complexity index is 173. The Morgan fingerprint density at radius 3 is 2.69 bits per heavy atom. The van der Waals surface area contributed by atoms with E-state index in [1.165, 1.54) is 0 Å². The Morgan fingerprint density at radius 1 is 1.62 bits per heavy atom. The van der Waals surface area contributed by atoms with E-state index in [0.29, 0.717) is 0 Å². The number of hydrogen-bond acceptors (Lipinski definition) is 2. The molecule has 0 rings (SSSR count). The molecule has 76 valence electrons. The van der Waals surface area contributed by atoms with Crippen LogP contribution in [-0.4, -0.2) is 17.3 Å². The lowest BCUT2D eigenvalue weighted by Gasteiger charge is -2.15. The minimum absolute atomic E-state index is 0.168. The molecule has 0 heterocycles. The molecule has 13 heavy (non-hydrogen) atoms. The highest BCUT2D eigenvalue weighted by molar-refractivity contribution is 5.00. The average Bonchev–Trinajstić information content (AvgIpc) is 2.04. The predicted molar refractivity (Wildman–Crippen MR) is 57.5 cm³/mol. The molecule has 2 heteroatoms. The van der Waals surface area contributed by atoms with Gasteiger partial charge in [-0.15, -0.1) is 0 Å². The topological polar surface area (TPSA) is 46.2 Å². The molecule has 0 bridgehead atoms. The molecule has 0 fully saturated rings. The van der Waals surface area contributed by atoms with Crippen molar-refractivity contribution < 1.29 is 5.11 Å². The summed E-state index contributed by atoms with van der Waals surface area (Å²) >= 11 is 0. The number of hydrogen-bond donors (Lipinski definition) is 2. The van der Waals surface area contributed by atoms with Gasteiger partial charge in [-0.25, -0.2) is 0 Å². The van der Waals surface area contributed by atoms with Gasteiger partial charge in [-0.3, -0.25) is 0 Å². The van der Waals surface area contributed by atoms with Crippen molar-refractivity contribution >= 4 is 0 Å².